The predicted molar refractivity (Wildman–Crippen MR) is 132 cm³/mol. The lowest BCUT2D eigenvalue weighted by Crippen LogP contribution is -2.52. The topological polar surface area (TPSA) is 188 Å². The minimum atomic E-state index is -0.739. The number of rotatable bonds is 1. The zero-order valence-electron chi connectivity index (χ0n) is 23.1. The van der Waals surface area contributed by atoms with Gasteiger partial charge in [-0.2, -0.15) is 0 Å². The number of hydrogen-bond donors (Lipinski definition) is 0. The summed E-state index contributed by atoms with van der Waals surface area (Å²) in [4.78, 5) is 91.7. The molecule has 0 aromatic rings. The van der Waals surface area contributed by atoms with Crippen molar-refractivity contribution in [1.29, 1.82) is 0 Å². The molecule has 0 aromatic heterocycles. The van der Waals surface area contributed by atoms with E-state index in [-0.39, 0.29) is 46.9 Å². The zero-order valence-corrected chi connectivity index (χ0v) is 23.1. The van der Waals surface area contributed by atoms with Gasteiger partial charge >= 0.3 is 5.97 Å². The lowest BCUT2D eigenvalue weighted by molar-refractivity contribution is -0.143. The van der Waals surface area contributed by atoms with Crippen LogP contribution in [0.2, 0.25) is 0 Å². The van der Waals surface area contributed by atoms with Gasteiger partial charge in [0.05, 0.1) is 66.5 Å². The van der Waals surface area contributed by atoms with Crippen molar-refractivity contribution in [2.45, 2.75) is 38.3 Å². The monoisotopic (exact) mass is 573 g/mol. The Bertz CT molecular complexity index is 1280. The smallest absolute Gasteiger partial charge is 0.302 e. The molecular formula is C27H31N3O11. The van der Waals surface area contributed by atoms with Crippen LogP contribution < -0.4 is 0 Å². The Morgan fingerprint density at radius 3 is 1.22 bits per heavy atom. The molecule has 6 amide bonds. The normalized spacial score (nSPS) is 44.1. The molecule has 14 heteroatoms. The van der Waals surface area contributed by atoms with Crippen LogP contribution in [-0.4, -0.2) is 114 Å². The van der Waals surface area contributed by atoms with Crippen LogP contribution in [0.3, 0.4) is 0 Å². The minimum Gasteiger partial charge on any atom is -0.466 e. The molecule has 14 nitrogen and oxygen atoms in total. The number of carbonyl (C=O) groups excluding carboxylic acids is 7. The first-order valence-electron chi connectivity index (χ1n) is 13.6. The van der Waals surface area contributed by atoms with E-state index in [2.05, 4.69) is 4.74 Å². The largest absolute Gasteiger partial charge is 0.466 e. The van der Waals surface area contributed by atoms with Crippen LogP contribution in [0.4, 0.5) is 0 Å². The van der Waals surface area contributed by atoms with Gasteiger partial charge in [-0.25, -0.2) is 0 Å². The van der Waals surface area contributed by atoms with E-state index in [0.717, 1.165) is 25.8 Å². The van der Waals surface area contributed by atoms with Gasteiger partial charge in [0.25, 0.3) is 0 Å². The standard InChI is InChI=1S/C23H21N3O8.C4H8O2.H2O/c1-24-18(27)8-6-4(14-10-12(16(6)33-14)22(31)25(2)20(10)29)5-7(9(8)19(24)28)17-13-11(15(5)34-17)21(30)26(3)23(13)32;1-3-6-4(2)5;/h6-17H,1-3H3;3H2,1-2H3;1H2/t6-,7+,8+,9-,10-,11-,12+,13+,14-,15+,16+,17-;;/m1../s1. The van der Waals surface area contributed by atoms with Crippen LogP contribution in [-0.2, 0) is 47.8 Å². The van der Waals surface area contributed by atoms with Crippen LogP contribution in [0.15, 0.2) is 11.1 Å². The molecule has 0 saturated carbocycles. The van der Waals surface area contributed by atoms with E-state index in [1.54, 1.807) is 6.92 Å². The maximum atomic E-state index is 13.4. The molecule has 41 heavy (non-hydrogen) atoms. The fourth-order valence-electron chi connectivity index (χ4n) is 8.94. The molecule has 7 fully saturated rings. The Labute approximate surface area is 234 Å². The summed E-state index contributed by atoms with van der Waals surface area (Å²) >= 11 is 0. The van der Waals surface area contributed by atoms with Crippen molar-refractivity contribution in [3.05, 3.63) is 11.1 Å². The molecule has 0 radical (unpaired) electrons. The number of imide groups is 3. The van der Waals surface area contributed by atoms with Crippen LogP contribution in [0.5, 0.6) is 0 Å². The van der Waals surface area contributed by atoms with Gasteiger partial charge in [-0.1, -0.05) is 0 Å². The van der Waals surface area contributed by atoms with Gasteiger partial charge < -0.3 is 19.7 Å². The number of ether oxygens (including phenoxy) is 3. The average Bonchev–Trinajstić information content (AvgIpc) is 3.76. The van der Waals surface area contributed by atoms with Gasteiger partial charge in [-0.05, 0) is 18.1 Å². The van der Waals surface area contributed by atoms with Gasteiger partial charge in [-0.3, -0.25) is 48.3 Å². The van der Waals surface area contributed by atoms with Gasteiger partial charge in [-0.15, -0.1) is 0 Å². The highest BCUT2D eigenvalue weighted by atomic mass is 16.5. The zero-order chi connectivity index (χ0) is 28.7. The molecule has 7 saturated heterocycles. The third kappa shape index (κ3) is 3.04. The minimum absolute atomic E-state index is 0. The lowest BCUT2D eigenvalue weighted by Gasteiger charge is -2.44. The van der Waals surface area contributed by atoms with E-state index < -0.39 is 71.8 Å². The molecule has 4 bridgehead atoms. The third-order valence-corrected chi connectivity index (χ3v) is 10.3. The highest BCUT2D eigenvalue weighted by molar-refractivity contribution is 6.10. The Balaban J connectivity index is 0.000000394. The van der Waals surface area contributed by atoms with Crippen LogP contribution >= 0.6 is 0 Å². The Hall–Kier alpha value is -3.49. The van der Waals surface area contributed by atoms with Crippen LogP contribution in [0.25, 0.3) is 0 Å². The second-order valence-corrected chi connectivity index (χ2v) is 11.8. The summed E-state index contributed by atoms with van der Waals surface area (Å²) in [6.45, 7) is 3.65. The molecule has 12 atom stereocenters. The van der Waals surface area contributed by atoms with Crippen molar-refractivity contribution >= 4 is 41.4 Å². The molecule has 7 aliphatic heterocycles. The van der Waals surface area contributed by atoms with E-state index in [4.69, 9.17) is 9.47 Å². The average molecular weight is 574 g/mol. The predicted octanol–water partition coefficient (Wildman–Crippen LogP) is -2.47. The van der Waals surface area contributed by atoms with E-state index in [1.165, 1.54) is 28.1 Å². The lowest BCUT2D eigenvalue weighted by atomic mass is 9.53. The molecule has 0 unspecified atom stereocenters. The van der Waals surface area contributed by atoms with Crippen molar-refractivity contribution in [2.75, 3.05) is 27.7 Å². The van der Waals surface area contributed by atoms with Gasteiger partial charge in [0.2, 0.25) is 35.4 Å². The quantitative estimate of drug-likeness (QED) is 0.185. The molecule has 8 aliphatic rings. The first kappa shape index (κ1) is 27.7. The molecule has 7 heterocycles. The van der Waals surface area contributed by atoms with E-state index >= 15 is 0 Å². The van der Waals surface area contributed by atoms with Crippen LogP contribution in [0, 0.1) is 47.3 Å². The summed E-state index contributed by atoms with van der Waals surface area (Å²) in [5.74, 6) is -7.41. The fourth-order valence-corrected chi connectivity index (χ4v) is 8.94. The number of hydrogen-bond acceptors (Lipinski definition) is 10. The third-order valence-electron chi connectivity index (χ3n) is 10.3. The molecule has 220 valence electrons. The number of nitrogens with zero attached hydrogens (tertiary/aromatic N) is 3. The Kier molecular flexibility index (Phi) is 5.91. The summed E-state index contributed by atoms with van der Waals surface area (Å²) in [5.41, 5.74) is 1.51. The number of amides is 6. The number of esters is 1. The second-order valence-electron chi connectivity index (χ2n) is 11.8. The molecule has 0 aromatic carbocycles. The summed E-state index contributed by atoms with van der Waals surface area (Å²) in [6, 6.07) is 0. The Morgan fingerprint density at radius 2 is 0.927 bits per heavy atom. The van der Waals surface area contributed by atoms with Crippen molar-refractivity contribution in [2.24, 2.45) is 47.3 Å². The van der Waals surface area contributed by atoms with Gasteiger partial charge in [0, 0.05) is 39.9 Å². The first-order chi connectivity index (χ1) is 18.9. The molecule has 1 aliphatic carbocycles. The van der Waals surface area contributed by atoms with E-state index in [1.807, 2.05) is 0 Å². The Morgan fingerprint density at radius 1 is 0.610 bits per heavy atom. The molecule has 8 rings (SSSR count). The van der Waals surface area contributed by atoms with E-state index in [9.17, 15) is 33.6 Å². The molecule has 0 spiro atoms. The fraction of sp³-hybridized carbons (Fsp3) is 0.667. The van der Waals surface area contributed by atoms with Crippen molar-refractivity contribution in [3.63, 3.8) is 0 Å². The highest BCUT2D eigenvalue weighted by Gasteiger charge is 2.78. The summed E-state index contributed by atoms with van der Waals surface area (Å²) < 4.78 is 16.9. The maximum Gasteiger partial charge on any atom is 0.302 e. The summed E-state index contributed by atoms with van der Waals surface area (Å²) in [6.07, 6.45) is -2.76. The van der Waals surface area contributed by atoms with Crippen LogP contribution in [0.1, 0.15) is 13.8 Å². The maximum absolute atomic E-state index is 13.4. The first-order valence-corrected chi connectivity index (χ1v) is 13.6. The summed E-state index contributed by atoms with van der Waals surface area (Å²) in [7, 11) is 4.36. The van der Waals surface area contributed by atoms with Crippen molar-refractivity contribution in [1.82, 2.24) is 14.7 Å². The van der Waals surface area contributed by atoms with Crippen molar-refractivity contribution < 1.29 is 53.2 Å². The number of fused-ring (bicyclic) bond motifs is 19. The second kappa shape index (κ2) is 8.76. The van der Waals surface area contributed by atoms with E-state index in [0.29, 0.717) is 6.61 Å². The molecular weight excluding hydrogens is 542 g/mol. The number of carbonyl (C=O) groups is 7. The number of likely N-dealkylation sites (tertiary alicyclic amines) is 3. The van der Waals surface area contributed by atoms with Gasteiger partial charge in [0.1, 0.15) is 0 Å². The highest BCUT2D eigenvalue weighted by Crippen LogP contribution is 2.68. The van der Waals surface area contributed by atoms with Crippen molar-refractivity contribution in [3.8, 4) is 0 Å². The van der Waals surface area contributed by atoms with Gasteiger partial charge in [0.15, 0.2) is 0 Å². The SMILES string of the molecule is CCOC(C)=O.CN1C(=O)[C@@H]2[C@H](C1=O)[C@@H]1C(=C3[C@H]2[C@@H]2O[C@H]3[C@@H]3C(=O)N(C)C(=O)[C@H]23)[C@@H]2O[C@H]1[C@H]1C(=O)N(C)C(=O)[C@H]12.O. The molecule has 2 N–H and O–H groups in total. The summed E-state index contributed by atoms with van der Waals surface area (Å²) in [5, 5.41) is 0.